The Morgan fingerprint density at radius 1 is 1.30 bits per heavy atom. The fraction of sp³-hybridized carbons (Fsp3) is 0.696. The standard InChI is InChI=1S/C23H38N4O2.HI/c1-19-16-27(11-13-29-19)17-21-7-4-6-20(14-21)15-25-22(24-2)26-18-23(8-5-9-23)10-12-28-3;/h4,6-7,14,19H,5,8-13,15-18H2,1-3H3,(H2,24,25,26);1H. The van der Waals surface area contributed by atoms with Crippen molar-refractivity contribution < 1.29 is 9.47 Å². The average molecular weight is 530 g/mol. The van der Waals surface area contributed by atoms with Gasteiger partial charge in [-0.3, -0.25) is 9.89 Å². The van der Waals surface area contributed by atoms with Crippen molar-refractivity contribution in [3.05, 3.63) is 35.4 Å². The van der Waals surface area contributed by atoms with Gasteiger partial charge >= 0.3 is 0 Å². The van der Waals surface area contributed by atoms with Gasteiger partial charge in [-0.05, 0) is 42.7 Å². The molecule has 1 unspecified atom stereocenters. The molecule has 0 bridgehead atoms. The summed E-state index contributed by atoms with van der Waals surface area (Å²) in [6, 6.07) is 8.84. The number of methoxy groups -OCH3 is 1. The molecule has 1 aliphatic heterocycles. The molecule has 1 aliphatic carbocycles. The van der Waals surface area contributed by atoms with E-state index in [4.69, 9.17) is 9.47 Å². The first kappa shape index (κ1) is 25.4. The summed E-state index contributed by atoms with van der Waals surface area (Å²) in [6.45, 7) is 8.55. The average Bonchev–Trinajstić information content (AvgIpc) is 2.69. The van der Waals surface area contributed by atoms with Crippen molar-refractivity contribution in [3.8, 4) is 0 Å². The van der Waals surface area contributed by atoms with E-state index < -0.39 is 0 Å². The summed E-state index contributed by atoms with van der Waals surface area (Å²) in [5.41, 5.74) is 3.02. The molecule has 0 radical (unpaired) electrons. The molecule has 7 heteroatoms. The first-order valence-electron chi connectivity index (χ1n) is 11.0. The molecule has 1 atom stereocenters. The molecule has 0 amide bonds. The minimum absolute atomic E-state index is 0. The van der Waals surface area contributed by atoms with E-state index in [1.807, 2.05) is 7.05 Å². The van der Waals surface area contributed by atoms with Crippen molar-refractivity contribution in [1.29, 1.82) is 0 Å². The molecule has 3 rings (SSSR count). The van der Waals surface area contributed by atoms with Crippen LogP contribution < -0.4 is 10.6 Å². The molecule has 2 aliphatic rings. The number of nitrogens with one attached hydrogen (secondary N) is 2. The lowest BCUT2D eigenvalue weighted by molar-refractivity contribution is -0.0212. The number of guanidine groups is 1. The van der Waals surface area contributed by atoms with E-state index in [1.165, 1.54) is 30.4 Å². The number of aliphatic imine (C=N–C) groups is 1. The first-order chi connectivity index (χ1) is 14.1. The molecule has 0 spiro atoms. The molecule has 1 saturated carbocycles. The predicted octanol–water partition coefficient (Wildman–Crippen LogP) is 3.40. The third-order valence-electron chi connectivity index (χ3n) is 6.29. The molecule has 0 aromatic heterocycles. The second-order valence-electron chi connectivity index (χ2n) is 8.61. The van der Waals surface area contributed by atoms with Crippen LogP contribution in [0.3, 0.4) is 0 Å². The maximum Gasteiger partial charge on any atom is 0.191 e. The second kappa shape index (κ2) is 12.8. The van der Waals surface area contributed by atoms with Crippen molar-refractivity contribution in [1.82, 2.24) is 15.5 Å². The van der Waals surface area contributed by atoms with E-state index in [0.717, 1.165) is 58.3 Å². The zero-order chi connectivity index (χ0) is 20.5. The Labute approximate surface area is 199 Å². The third kappa shape index (κ3) is 7.66. The number of ether oxygens (including phenoxy) is 2. The smallest absolute Gasteiger partial charge is 0.191 e. The van der Waals surface area contributed by atoms with E-state index in [9.17, 15) is 0 Å². The summed E-state index contributed by atoms with van der Waals surface area (Å²) >= 11 is 0. The summed E-state index contributed by atoms with van der Waals surface area (Å²) in [7, 11) is 3.63. The lowest BCUT2D eigenvalue weighted by atomic mass is 9.67. The Morgan fingerprint density at radius 3 is 2.77 bits per heavy atom. The molecule has 2 fully saturated rings. The fourth-order valence-electron chi connectivity index (χ4n) is 4.32. The summed E-state index contributed by atoms with van der Waals surface area (Å²) < 4.78 is 10.9. The normalized spacial score (nSPS) is 21.4. The van der Waals surface area contributed by atoms with Gasteiger partial charge in [-0.2, -0.15) is 0 Å². The highest BCUT2D eigenvalue weighted by Gasteiger charge is 2.36. The Balaban J connectivity index is 0.00000320. The van der Waals surface area contributed by atoms with Gasteiger partial charge in [0.05, 0.1) is 12.7 Å². The van der Waals surface area contributed by atoms with E-state index in [1.54, 1.807) is 7.11 Å². The van der Waals surface area contributed by atoms with Crippen LogP contribution in [0, 0.1) is 5.41 Å². The SMILES string of the molecule is CN=C(NCc1cccc(CN2CCOC(C)C2)c1)NCC1(CCOC)CCC1.I. The predicted molar refractivity (Wildman–Crippen MR) is 134 cm³/mol. The first-order valence-corrected chi connectivity index (χ1v) is 11.0. The molecule has 170 valence electrons. The number of hydrogen-bond acceptors (Lipinski definition) is 4. The molecule has 1 heterocycles. The number of halogens is 1. The van der Waals surface area contributed by atoms with Crippen LogP contribution >= 0.6 is 24.0 Å². The van der Waals surface area contributed by atoms with Crippen molar-refractivity contribution in [2.24, 2.45) is 10.4 Å². The molecule has 1 aromatic carbocycles. The summed E-state index contributed by atoms with van der Waals surface area (Å²) in [4.78, 5) is 6.88. The van der Waals surface area contributed by atoms with Gasteiger partial charge in [-0.15, -0.1) is 24.0 Å². The lowest BCUT2D eigenvalue weighted by Crippen LogP contribution is -2.46. The van der Waals surface area contributed by atoms with Gasteiger partial charge in [0.1, 0.15) is 0 Å². The van der Waals surface area contributed by atoms with Gasteiger partial charge in [-0.25, -0.2) is 0 Å². The van der Waals surface area contributed by atoms with Gasteiger partial charge in [-0.1, -0.05) is 30.7 Å². The lowest BCUT2D eigenvalue weighted by Gasteiger charge is -2.42. The molecular formula is C23H39IN4O2. The van der Waals surface area contributed by atoms with Crippen LogP contribution in [-0.4, -0.2) is 64.0 Å². The quantitative estimate of drug-likeness (QED) is 0.291. The minimum Gasteiger partial charge on any atom is -0.385 e. The Morgan fingerprint density at radius 2 is 2.10 bits per heavy atom. The highest BCUT2D eigenvalue weighted by atomic mass is 127. The van der Waals surface area contributed by atoms with Crippen LogP contribution in [0.4, 0.5) is 0 Å². The van der Waals surface area contributed by atoms with Crippen LogP contribution in [-0.2, 0) is 22.6 Å². The highest BCUT2D eigenvalue weighted by Crippen LogP contribution is 2.43. The van der Waals surface area contributed by atoms with Gasteiger partial charge in [0.15, 0.2) is 5.96 Å². The van der Waals surface area contributed by atoms with Gasteiger partial charge in [0, 0.05) is 53.5 Å². The zero-order valence-electron chi connectivity index (χ0n) is 18.8. The number of rotatable bonds is 9. The van der Waals surface area contributed by atoms with Crippen molar-refractivity contribution >= 4 is 29.9 Å². The monoisotopic (exact) mass is 530 g/mol. The van der Waals surface area contributed by atoms with E-state index in [0.29, 0.717) is 11.5 Å². The number of benzene rings is 1. The number of morpholine rings is 1. The molecule has 6 nitrogen and oxygen atoms in total. The third-order valence-corrected chi connectivity index (χ3v) is 6.29. The van der Waals surface area contributed by atoms with Crippen molar-refractivity contribution in [3.63, 3.8) is 0 Å². The Hall–Kier alpha value is -0.900. The van der Waals surface area contributed by atoms with Crippen molar-refractivity contribution in [2.75, 3.05) is 47.0 Å². The summed E-state index contributed by atoms with van der Waals surface area (Å²) in [6.07, 6.45) is 5.33. The van der Waals surface area contributed by atoms with E-state index in [2.05, 4.69) is 51.7 Å². The molecule has 2 N–H and O–H groups in total. The van der Waals surface area contributed by atoms with Crippen LogP contribution in [0.2, 0.25) is 0 Å². The maximum atomic E-state index is 5.65. The Bertz CT molecular complexity index is 666. The van der Waals surface area contributed by atoms with Gasteiger partial charge in [0.2, 0.25) is 0 Å². The van der Waals surface area contributed by atoms with E-state index in [-0.39, 0.29) is 24.0 Å². The minimum atomic E-state index is 0. The summed E-state index contributed by atoms with van der Waals surface area (Å²) in [5, 5.41) is 7.01. The van der Waals surface area contributed by atoms with Gasteiger partial charge in [0.25, 0.3) is 0 Å². The van der Waals surface area contributed by atoms with Crippen LogP contribution in [0.25, 0.3) is 0 Å². The maximum absolute atomic E-state index is 5.65. The van der Waals surface area contributed by atoms with Crippen LogP contribution in [0.5, 0.6) is 0 Å². The highest BCUT2D eigenvalue weighted by molar-refractivity contribution is 14.0. The number of hydrogen-bond donors (Lipinski definition) is 2. The summed E-state index contributed by atoms with van der Waals surface area (Å²) in [5.74, 6) is 0.876. The molecule has 1 aromatic rings. The Kier molecular flexibility index (Phi) is 10.8. The topological polar surface area (TPSA) is 58.1 Å². The molecular weight excluding hydrogens is 491 g/mol. The molecule has 1 saturated heterocycles. The zero-order valence-corrected chi connectivity index (χ0v) is 21.1. The molecule has 30 heavy (non-hydrogen) atoms. The van der Waals surface area contributed by atoms with Gasteiger partial charge < -0.3 is 20.1 Å². The second-order valence-corrected chi connectivity index (χ2v) is 8.61. The van der Waals surface area contributed by atoms with E-state index >= 15 is 0 Å². The largest absolute Gasteiger partial charge is 0.385 e. The van der Waals surface area contributed by atoms with Crippen molar-refractivity contribution in [2.45, 2.75) is 51.8 Å². The number of nitrogens with zero attached hydrogens (tertiary/aromatic N) is 2. The fourth-order valence-corrected chi connectivity index (χ4v) is 4.32. The van der Waals surface area contributed by atoms with Crippen LogP contribution in [0.1, 0.15) is 43.7 Å². The van der Waals surface area contributed by atoms with Crippen LogP contribution in [0.15, 0.2) is 29.3 Å².